The van der Waals surface area contributed by atoms with Gasteiger partial charge >= 0.3 is 5.24 Å². The highest BCUT2D eigenvalue weighted by Gasteiger charge is 2.29. The minimum atomic E-state index is -0.128. The van der Waals surface area contributed by atoms with Crippen LogP contribution in [-0.4, -0.2) is 63.8 Å². The summed E-state index contributed by atoms with van der Waals surface area (Å²) >= 11 is 7.26. The van der Waals surface area contributed by atoms with E-state index in [1.807, 2.05) is 55.6 Å². The molecule has 0 unspecified atom stereocenters. The van der Waals surface area contributed by atoms with Gasteiger partial charge in [-0.1, -0.05) is 41.6 Å². The molecule has 0 saturated carbocycles. The molecule has 1 aromatic heterocycles. The van der Waals surface area contributed by atoms with Crippen LogP contribution in [0.1, 0.15) is 34.9 Å². The van der Waals surface area contributed by atoms with E-state index in [0.29, 0.717) is 22.9 Å². The molecule has 8 nitrogen and oxygen atoms in total. The third-order valence-corrected chi connectivity index (χ3v) is 8.28. The summed E-state index contributed by atoms with van der Waals surface area (Å²) in [6, 6.07) is 15.4. The van der Waals surface area contributed by atoms with E-state index in [1.165, 1.54) is 22.3 Å². The molecule has 0 radical (unpaired) electrons. The van der Waals surface area contributed by atoms with Crippen LogP contribution in [0.5, 0.6) is 0 Å². The molecule has 2 N–H and O–H groups in total. The van der Waals surface area contributed by atoms with Gasteiger partial charge in [0, 0.05) is 53.6 Å². The van der Waals surface area contributed by atoms with E-state index in [2.05, 4.69) is 26.4 Å². The topological polar surface area (TPSA) is 90.0 Å². The van der Waals surface area contributed by atoms with Gasteiger partial charge in [0.2, 0.25) is 0 Å². The molecule has 0 atom stereocenters. The lowest BCUT2D eigenvalue weighted by Gasteiger charge is -2.25. The van der Waals surface area contributed by atoms with Gasteiger partial charge in [-0.05, 0) is 59.5 Å². The lowest BCUT2D eigenvalue weighted by molar-refractivity contribution is -0.110. The Labute approximate surface area is 236 Å². The fourth-order valence-corrected chi connectivity index (χ4v) is 5.93. The fraction of sp³-hybridized carbons (Fsp3) is 0.276. The van der Waals surface area contributed by atoms with Crippen molar-refractivity contribution in [2.24, 2.45) is 5.10 Å². The minimum absolute atomic E-state index is 0.103. The monoisotopic (exact) mass is 561 g/mol. The molecular weight excluding hydrogens is 534 g/mol. The Hall–Kier alpha value is -3.37. The molecule has 2 amide bonds. The second kappa shape index (κ2) is 11.0. The molecule has 39 heavy (non-hydrogen) atoms. The molecule has 6 rings (SSSR count). The summed E-state index contributed by atoms with van der Waals surface area (Å²) in [4.78, 5) is 31.5. The van der Waals surface area contributed by atoms with Crippen LogP contribution in [0.25, 0.3) is 11.1 Å². The van der Waals surface area contributed by atoms with Crippen LogP contribution in [0.15, 0.2) is 59.8 Å². The van der Waals surface area contributed by atoms with Gasteiger partial charge in [0.25, 0.3) is 5.91 Å². The van der Waals surface area contributed by atoms with Crippen molar-refractivity contribution in [3.63, 3.8) is 0 Å². The summed E-state index contributed by atoms with van der Waals surface area (Å²) in [7, 11) is 0. The van der Waals surface area contributed by atoms with Crippen molar-refractivity contribution in [2.75, 3.05) is 37.4 Å². The molecule has 0 aliphatic carbocycles. The number of aromatic amines is 1. The Morgan fingerprint density at radius 1 is 1.05 bits per heavy atom. The quantitative estimate of drug-likeness (QED) is 0.390. The number of morpholine rings is 1. The predicted octanol–water partition coefficient (Wildman–Crippen LogP) is 5.46. The molecular formula is C29H28ClN5O3S. The van der Waals surface area contributed by atoms with Crippen LogP contribution in [0.2, 0.25) is 5.02 Å². The number of hydrogen-bond acceptors (Lipinski definition) is 6. The number of nitrogens with one attached hydrogen (secondary N) is 2. The highest BCUT2D eigenvalue weighted by Crippen LogP contribution is 2.38. The second-order valence-electron chi connectivity index (χ2n) is 9.81. The van der Waals surface area contributed by atoms with Crippen LogP contribution >= 0.6 is 23.4 Å². The Morgan fingerprint density at radius 3 is 2.64 bits per heavy atom. The number of anilines is 1. The van der Waals surface area contributed by atoms with Crippen molar-refractivity contribution < 1.29 is 14.3 Å². The number of amides is 2. The van der Waals surface area contributed by atoms with Crippen molar-refractivity contribution >= 4 is 57.1 Å². The average molecular weight is 562 g/mol. The number of hydrogen-bond donors (Lipinski definition) is 2. The number of thioether (sulfide) groups is 1. The zero-order valence-electron chi connectivity index (χ0n) is 21.5. The number of hydrazone groups is 1. The Kier molecular flexibility index (Phi) is 7.31. The SMILES string of the molecule is CC(=C1C(=O)Nc2ccc(CN3N=C(c4ccc(Cl)cc4)CSC3=O)cc21)c1cc(CN2CCOCC2)c[nH]1. The predicted molar refractivity (Wildman–Crippen MR) is 156 cm³/mol. The third-order valence-electron chi connectivity index (χ3n) is 7.15. The number of ether oxygens (including phenoxy) is 1. The van der Waals surface area contributed by atoms with Crippen molar-refractivity contribution in [2.45, 2.75) is 20.0 Å². The molecule has 1 saturated heterocycles. The first kappa shape index (κ1) is 25.9. The van der Waals surface area contributed by atoms with Crippen LogP contribution < -0.4 is 5.32 Å². The molecule has 3 aliphatic heterocycles. The van der Waals surface area contributed by atoms with Crippen LogP contribution in [0.4, 0.5) is 10.5 Å². The van der Waals surface area contributed by atoms with Gasteiger partial charge in [-0.3, -0.25) is 14.5 Å². The smallest absolute Gasteiger partial charge is 0.302 e. The summed E-state index contributed by atoms with van der Waals surface area (Å²) in [5.74, 6) is 0.381. The zero-order chi connectivity index (χ0) is 26.9. The van der Waals surface area contributed by atoms with E-state index in [4.69, 9.17) is 16.3 Å². The van der Waals surface area contributed by atoms with Gasteiger partial charge in [0.15, 0.2) is 0 Å². The first-order valence-electron chi connectivity index (χ1n) is 12.9. The largest absolute Gasteiger partial charge is 0.379 e. The Bertz CT molecular complexity index is 1490. The number of halogens is 1. The first-order valence-corrected chi connectivity index (χ1v) is 14.2. The van der Waals surface area contributed by atoms with Crippen LogP contribution in [-0.2, 0) is 22.6 Å². The van der Waals surface area contributed by atoms with Gasteiger partial charge in [-0.2, -0.15) is 5.10 Å². The van der Waals surface area contributed by atoms with E-state index in [0.717, 1.165) is 72.2 Å². The molecule has 1 fully saturated rings. The fourth-order valence-electron chi connectivity index (χ4n) is 5.06. The molecule has 3 aliphatic rings. The molecule has 0 spiro atoms. The number of carbonyl (C=O) groups excluding carboxylic acids is 2. The number of fused-ring (bicyclic) bond motifs is 1. The van der Waals surface area contributed by atoms with Crippen molar-refractivity contribution in [1.29, 1.82) is 0 Å². The number of aromatic nitrogens is 1. The summed E-state index contributed by atoms with van der Waals surface area (Å²) in [5, 5.41) is 9.67. The zero-order valence-corrected chi connectivity index (χ0v) is 23.1. The number of rotatable bonds is 6. The van der Waals surface area contributed by atoms with Crippen LogP contribution in [0, 0.1) is 0 Å². The molecule has 4 heterocycles. The summed E-state index contributed by atoms with van der Waals surface area (Å²) in [6.07, 6.45) is 2.01. The van der Waals surface area contributed by atoms with Crippen molar-refractivity contribution in [1.82, 2.24) is 14.9 Å². The van der Waals surface area contributed by atoms with Crippen molar-refractivity contribution in [3.8, 4) is 0 Å². The van der Waals surface area contributed by atoms with Crippen LogP contribution in [0.3, 0.4) is 0 Å². The van der Waals surface area contributed by atoms with E-state index < -0.39 is 0 Å². The third kappa shape index (κ3) is 5.53. The molecule has 200 valence electrons. The second-order valence-corrected chi connectivity index (χ2v) is 11.2. The van der Waals surface area contributed by atoms with E-state index >= 15 is 0 Å². The number of benzene rings is 2. The molecule has 3 aromatic rings. The van der Waals surface area contributed by atoms with Gasteiger partial charge in [-0.15, -0.1) is 0 Å². The number of allylic oxidation sites excluding steroid dienone is 1. The van der Waals surface area contributed by atoms with Gasteiger partial charge in [-0.25, -0.2) is 5.01 Å². The van der Waals surface area contributed by atoms with Gasteiger partial charge in [0.05, 0.1) is 31.0 Å². The number of H-pyrrole nitrogens is 1. The van der Waals surface area contributed by atoms with Gasteiger partial charge < -0.3 is 15.0 Å². The number of nitrogens with zero attached hydrogens (tertiary/aromatic N) is 3. The first-order chi connectivity index (χ1) is 18.9. The highest BCUT2D eigenvalue weighted by molar-refractivity contribution is 8.14. The van der Waals surface area contributed by atoms with E-state index in [-0.39, 0.29) is 11.1 Å². The molecule has 2 aromatic carbocycles. The Morgan fingerprint density at radius 2 is 1.85 bits per heavy atom. The molecule has 0 bridgehead atoms. The average Bonchev–Trinajstić information content (AvgIpc) is 3.54. The normalized spacial score (nSPS) is 19.1. The molecule has 10 heteroatoms. The number of carbonyl (C=O) groups is 2. The maximum Gasteiger partial charge on any atom is 0.302 e. The minimum Gasteiger partial charge on any atom is -0.379 e. The standard InChI is InChI=1S/C29H28ClN5O3S/c1-18(25-13-20(14-31-25)15-34-8-10-38-11-9-34)27-23-12-19(2-7-24(23)32-28(27)36)16-35-29(37)39-17-26(33-35)21-3-5-22(30)6-4-21/h2-7,12-14,31H,8-11,15-17H2,1H3,(H,32,36). The lowest BCUT2D eigenvalue weighted by Crippen LogP contribution is -2.35. The Balaban J connectivity index is 1.25. The highest BCUT2D eigenvalue weighted by atomic mass is 35.5. The maximum absolute atomic E-state index is 13.0. The van der Waals surface area contributed by atoms with Crippen molar-refractivity contribution in [3.05, 3.63) is 87.7 Å². The van der Waals surface area contributed by atoms with Gasteiger partial charge in [0.1, 0.15) is 0 Å². The van der Waals surface area contributed by atoms with E-state index in [1.54, 1.807) is 0 Å². The maximum atomic E-state index is 13.0. The van der Waals surface area contributed by atoms with E-state index in [9.17, 15) is 9.59 Å². The summed E-state index contributed by atoms with van der Waals surface area (Å²) in [5.41, 5.74) is 7.86. The summed E-state index contributed by atoms with van der Waals surface area (Å²) < 4.78 is 5.45. The summed E-state index contributed by atoms with van der Waals surface area (Å²) in [6.45, 7) is 6.47. The lowest BCUT2D eigenvalue weighted by atomic mass is 9.98.